The van der Waals surface area contributed by atoms with Crippen molar-refractivity contribution >= 4 is 29.5 Å². The zero-order valence-corrected chi connectivity index (χ0v) is 13.9. The van der Waals surface area contributed by atoms with Gasteiger partial charge >= 0.3 is 0 Å². The summed E-state index contributed by atoms with van der Waals surface area (Å²) in [6.45, 7) is 0. The van der Waals surface area contributed by atoms with Crippen molar-refractivity contribution in [2.75, 3.05) is 0 Å². The van der Waals surface area contributed by atoms with E-state index in [-0.39, 0.29) is 17.7 Å². The quantitative estimate of drug-likeness (QED) is 0.259. The molecule has 0 radical (unpaired) electrons. The van der Waals surface area contributed by atoms with Crippen molar-refractivity contribution in [2.45, 2.75) is 12.5 Å². The Hall–Kier alpha value is -3.68. The van der Waals surface area contributed by atoms with E-state index in [1.165, 1.54) is 0 Å². The summed E-state index contributed by atoms with van der Waals surface area (Å²) in [5.74, 6) is -2.81. The lowest BCUT2D eigenvalue weighted by Crippen LogP contribution is -2.48. The van der Waals surface area contributed by atoms with Crippen LogP contribution in [0.3, 0.4) is 0 Å². The summed E-state index contributed by atoms with van der Waals surface area (Å²) in [4.78, 5) is 38.7. The van der Waals surface area contributed by atoms with E-state index in [4.69, 9.17) is 16.9 Å². The van der Waals surface area contributed by atoms with Crippen molar-refractivity contribution < 1.29 is 14.4 Å². The number of hydrogen-bond donors (Lipinski definition) is 5. The van der Waals surface area contributed by atoms with Gasteiger partial charge in [0, 0.05) is 30.6 Å². The highest BCUT2D eigenvalue weighted by Gasteiger charge is 2.27. The predicted molar refractivity (Wildman–Crippen MR) is 97.0 cm³/mol. The van der Waals surface area contributed by atoms with Gasteiger partial charge < -0.3 is 27.2 Å². The van der Waals surface area contributed by atoms with Gasteiger partial charge in [0.1, 0.15) is 6.04 Å². The zero-order valence-electron chi connectivity index (χ0n) is 13.9. The Morgan fingerprint density at radius 2 is 1.85 bits per heavy atom. The highest BCUT2D eigenvalue weighted by atomic mass is 16.2. The minimum Gasteiger partial charge on any atom is -0.398 e. The molecule has 134 valence electrons. The number of Topliss-reactive ketones (excluding diaryl/α,β-unsaturated/α-hetero) is 1. The number of ketones is 1. The van der Waals surface area contributed by atoms with Gasteiger partial charge in [-0.2, -0.15) is 0 Å². The number of hydrogen-bond acceptors (Lipinski definition) is 5. The zero-order chi connectivity index (χ0) is 19.1. The Kier molecular flexibility index (Phi) is 6.05. The molecule has 26 heavy (non-hydrogen) atoms. The normalized spacial score (nSPS) is 12.6. The largest absolute Gasteiger partial charge is 0.398 e. The molecule has 8 heteroatoms. The van der Waals surface area contributed by atoms with E-state index in [9.17, 15) is 14.4 Å². The van der Waals surface area contributed by atoms with Gasteiger partial charge in [0.2, 0.25) is 5.78 Å². The molecule has 1 unspecified atom stereocenters. The maximum atomic E-state index is 12.5. The Morgan fingerprint density at radius 1 is 1.15 bits per heavy atom. The highest BCUT2D eigenvalue weighted by molar-refractivity contribution is 6.38. The molecule has 1 aromatic heterocycles. The first-order chi connectivity index (χ1) is 12.4. The van der Waals surface area contributed by atoms with E-state index < -0.39 is 23.6 Å². The molecule has 2 rings (SSSR count). The molecule has 1 atom stereocenters. The fourth-order valence-electron chi connectivity index (χ4n) is 2.38. The molecule has 0 spiro atoms. The number of carbonyl (C=O) groups is 3. The average molecular weight is 353 g/mol. The van der Waals surface area contributed by atoms with Crippen molar-refractivity contribution in [1.29, 1.82) is 5.41 Å². The van der Waals surface area contributed by atoms with Crippen LogP contribution in [0, 0.1) is 5.41 Å². The second kappa shape index (κ2) is 8.43. The summed E-state index contributed by atoms with van der Waals surface area (Å²) in [7, 11) is 0. The first kappa shape index (κ1) is 18.7. The van der Waals surface area contributed by atoms with E-state index >= 15 is 0 Å². The number of amides is 2. The number of nitrogens with one attached hydrogen (secondary N) is 3. The Labute approximate surface area is 149 Å². The van der Waals surface area contributed by atoms with Crippen LogP contribution in [0.2, 0.25) is 0 Å². The average Bonchev–Trinajstić information content (AvgIpc) is 3.16. The van der Waals surface area contributed by atoms with E-state index in [0.717, 1.165) is 11.8 Å². The third-order valence-corrected chi connectivity index (χ3v) is 3.74. The van der Waals surface area contributed by atoms with Gasteiger partial charge in [0.25, 0.3) is 11.8 Å². The van der Waals surface area contributed by atoms with Crippen LogP contribution in [0.5, 0.6) is 0 Å². The van der Waals surface area contributed by atoms with E-state index in [0.29, 0.717) is 5.56 Å². The van der Waals surface area contributed by atoms with Crippen LogP contribution in [0.15, 0.2) is 54.4 Å². The van der Waals surface area contributed by atoms with Crippen LogP contribution in [0.25, 0.3) is 5.70 Å². The number of aromatic amines is 1. The van der Waals surface area contributed by atoms with Crippen molar-refractivity contribution in [1.82, 2.24) is 10.3 Å². The number of aromatic nitrogens is 1. The van der Waals surface area contributed by atoms with E-state index in [1.807, 2.05) is 0 Å². The minimum absolute atomic E-state index is 0.0729. The van der Waals surface area contributed by atoms with Crippen LogP contribution in [0.4, 0.5) is 0 Å². The lowest BCUT2D eigenvalue weighted by atomic mass is 10.0. The number of benzene rings is 1. The van der Waals surface area contributed by atoms with Crippen LogP contribution in [-0.4, -0.2) is 34.8 Å². The van der Waals surface area contributed by atoms with Gasteiger partial charge in [-0.05, 0) is 11.6 Å². The maximum absolute atomic E-state index is 12.5. The summed E-state index contributed by atoms with van der Waals surface area (Å²) in [6, 6.07) is 9.36. The molecule has 1 aromatic carbocycles. The maximum Gasteiger partial charge on any atom is 0.287 e. The number of nitrogens with two attached hydrogens (primary N) is 2. The summed E-state index contributed by atoms with van der Waals surface area (Å²) >= 11 is 0. The second-order valence-corrected chi connectivity index (χ2v) is 5.52. The van der Waals surface area contributed by atoms with Crippen molar-refractivity contribution in [3.05, 3.63) is 65.5 Å². The molecule has 0 aliphatic heterocycles. The fourth-order valence-corrected chi connectivity index (χ4v) is 2.38. The van der Waals surface area contributed by atoms with Gasteiger partial charge in [-0.3, -0.25) is 14.4 Å². The molecule has 0 aliphatic carbocycles. The van der Waals surface area contributed by atoms with Gasteiger partial charge in [-0.1, -0.05) is 30.3 Å². The first-order valence-corrected chi connectivity index (χ1v) is 7.75. The smallest absolute Gasteiger partial charge is 0.287 e. The molecule has 8 nitrogen and oxygen atoms in total. The predicted octanol–water partition coefficient (Wildman–Crippen LogP) is 0.116. The summed E-state index contributed by atoms with van der Waals surface area (Å²) in [5.41, 5.74) is 12.2. The molecule has 2 aromatic rings. The highest BCUT2D eigenvalue weighted by Crippen LogP contribution is 2.12. The molecule has 0 aliphatic rings. The number of rotatable bonds is 8. The molecule has 7 N–H and O–H groups in total. The third kappa shape index (κ3) is 4.44. The van der Waals surface area contributed by atoms with Crippen molar-refractivity contribution in [3.63, 3.8) is 0 Å². The Bertz CT molecular complexity index is 841. The molecule has 0 saturated heterocycles. The molecular formula is C18H19N5O3. The third-order valence-electron chi connectivity index (χ3n) is 3.74. The Balaban J connectivity index is 2.27. The number of carbonyl (C=O) groups excluding carboxylic acids is 3. The van der Waals surface area contributed by atoms with Crippen LogP contribution >= 0.6 is 0 Å². The molecule has 0 bridgehead atoms. The van der Waals surface area contributed by atoms with E-state index in [2.05, 4.69) is 10.3 Å². The Morgan fingerprint density at radius 3 is 2.38 bits per heavy atom. The lowest BCUT2D eigenvalue weighted by molar-refractivity contribution is -0.138. The van der Waals surface area contributed by atoms with Gasteiger partial charge in [0.15, 0.2) is 0 Å². The molecule has 1 heterocycles. The van der Waals surface area contributed by atoms with Gasteiger partial charge in [-0.15, -0.1) is 0 Å². The standard InChI is InChI=1S/C18H19N5O3/c19-9-13(15(20)12-6-7-22-10-12)18(26)23-14(16(24)17(21)25)8-11-4-2-1-3-5-11/h1-7,9-10,14,19,22H,8,20H2,(H2,21,25)(H,23,26). The SMILES string of the molecule is N=CC(C(=O)NC(Cc1ccccc1)C(=O)C(N)=O)=C(N)c1cc[nH]c1. The second-order valence-electron chi connectivity index (χ2n) is 5.52. The first-order valence-electron chi connectivity index (χ1n) is 7.75. The molecule has 0 saturated carbocycles. The van der Waals surface area contributed by atoms with Crippen LogP contribution in [-0.2, 0) is 20.8 Å². The molecule has 2 amide bonds. The van der Waals surface area contributed by atoms with Crippen molar-refractivity contribution in [3.8, 4) is 0 Å². The summed E-state index contributed by atoms with van der Waals surface area (Å²) in [6.07, 6.45) is 4.08. The van der Waals surface area contributed by atoms with E-state index in [1.54, 1.807) is 48.8 Å². The number of primary amides is 1. The topological polar surface area (TPSA) is 155 Å². The lowest BCUT2D eigenvalue weighted by Gasteiger charge is -2.17. The van der Waals surface area contributed by atoms with Crippen LogP contribution in [0.1, 0.15) is 11.1 Å². The minimum atomic E-state index is -1.16. The molecule has 0 fully saturated rings. The summed E-state index contributed by atoms with van der Waals surface area (Å²) < 4.78 is 0. The van der Waals surface area contributed by atoms with Gasteiger partial charge in [-0.25, -0.2) is 0 Å². The fraction of sp³-hybridized carbons (Fsp3) is 0.111. The van der Waals surface area contributed by atoms with Gasteiger partial charge in [0.05, 0.1) is 11.3 Å². The van der Waals surface area contributed by atoms with Crippen molar-refractivity contribution in [2.24, 2.45) is 11.5 Å². The van der Waals surface area contributed by atoms with Crippen LogP contribution < -0.4 is 16.8 Å². The number of H-pyrrole nitrogens is 1. The summed E-state index contributed by atoms with van der Waals surface area (Å²) in [5, 5.41) is 9.92. The monoisotopic (exact) mass is 353 g/mol. The molecular weight excluding hydrogens is 334 g/mol.